The Hall–Kier alpha value is -3.32. The van der Waals surface area contributed by atoms with Gasteiger partial charge in [0.2, 0.25) is 0 Å². The molecule has 2 aromatic carbocycles. The number of ether oxygens (including phenoxy) is 2. The van der Waals surface area contributed by atoms with Crippen LogP contribution in [0.5, 0.6) is 11.5 Å². The molecule has 1 saturated heterocycles. The third-order valence-corrected chi connectivity index (χ3v) is 5.48. The van der Waals surface area contributed by atoms with Crippen molar-refractivity contribution in [1.29, 1.82) is 0 Å². The minimum absolute atomic E-state index is 0.0266. The Kier molecular flexibility index (Phi) is 8.34. The third-order valence-electron chi connectivity index (χ3n) is 5.48. The van der Waals surface area contributed by atoms with E-state index in [0.29, 0.717) is 36.8 Å². The lowest BCUT2D eigenvalue weighted by Crippen LogP contribution is -2.35. The van der Waals surface area contributed by atoms with Gasteiger partial charge in [0, 0.05) is 18.7 Å². The summed E-state index contributed by atoms with van der Waals surface area (Å²) in [7, 11) is 3.82. The van der Waals surface area contributed by atoms with Crippen LogP contribution in [0.1, 0.15) is 44.4 Å². The Morgan fingerprint density at radius 1 is 1.09 bits per heavy atom. The smallest absolute Gasteiger partial charge is 0.295 e. The van der Waals surface area contributed by atoms with Crippen LogP contribution >= 0.6 is 0 Å². The molecule has 1 fully saturated rings. The van der Waals surface area contributed by atoms with E-state index in [1.807, 2.05) is 64.0 Å². The van der Waals surface area contributed by atoms with Gasteiger partial charge in [-0.25, -0.2) is 0 Å². The van der Waals surface area contributed by atoms with Gasteiger partial charge in [-0.2, -0.15) is 0 Å². The van der Waals surface area contributed by atoms with Crippen molar-refractivity contribution in [3.8, 4) is 11.5 Å². The van der Waals surface area contributed by atoms with Crippen LogP contribution in [0.3, 0.4) is 0 Å². The monoisotopic (exact) mass is 466 g/mol. The lowest BCUT2D eigenvalue weighted by molar-refractivity contribution is -0.140. The number of hydrogen-bond acceptors (Lipinski definition) is 6. The van der Waals surface area contributed by atoms with Gasteiger partial charge in [0.1, 0.15) is 17.3 Å². The van der Waals surface area contributed by atoms with Crippen LogP contribution < -0.4 is 9.47 Å². The van der Waals surface area contributed by atoms with Gasteiger partial charge >= 0.3 is 0 Å². The van der Waals surface area contributed by atoms with E-state index in [1.165, 1.54) is 4.90 Å². The number of aliphatic hydroxyl groups is 1. The molecule has 1 heterocycles. The molecular weight excluding hydrogens is 432 g/mol. The summed E-state index contributed by atoms with van der Waals surface area (Å²) in [5, 5.41) is 11.2. The van der Waals surface area contributed by atoms with E-state index in [1.54, 1.807) is 24.3 Å². The van der Waals surface area contributed by atoms with Crippen LogP contribution in [0, 0.1) is 0 Å². The zero-order chi connectivity index (χ0) is 24.8. The molecule has 182 valence electrons. The lowest BCUT2D eigenvalue weighted by Gasteiger charge is -2.26. The highest BCUT2D eigenvalue weighted by Crippen LogP contribution is 2.40. The molecule has 0 aliphatic carbocycles. The maximum Gasteiger partial charge on any atom is 0.295 e. The number of Topliss-reactive ketones (excluding diaryl/α,β-unsaturated/α-hetero) is 1. The Morgan fingerprint density at radius 3 is 2.41 bits per heavy atom. The molecule has 34 heavy (non-hydrogen) atoms. The predicted octanol–water partition coefficient (Wildman–Crippen LogP) is 4.25. The van der Waals surface area contributed by atoms with E-state index < -0.39 is 17.7 Å². The first kappa shape index (κ1) is 25.3. The number of carbonyl (C=O) groups is 2. The molecule has 1 N–H and O–H groups in total. The number of aliphatic hydroxyl groups excluding tert-OH is 1. The highest BCUT2D eigenvalue weighted by atomic mass is 16.5. The minimum atomic E-state index is -0.701. The van der Waals surface area contributed by atoms with Gasteiger partial charge in [-0.05, 0) is 64.2 Å². The summed E-state index contributed by atoms with van der Waals surface area (Å²) in [6, 6.07) is 13.6. The molecule has 1 aliphatic rings. The molecule has 1 atom stereocenters. The second-order valence-corrected chi connectivity index (χ2v) is 8.91. The quantitative estimate of drug-likeness (QED) is 0.320. The van der Waals surface area contributed by atoms with Crippen LogP contribution in [-0.2, 0) is 9.59 Å². The zero-order valence-electron chi connectivity index (χ0n) is 20.6. The topological polar surface area (TPSA) is 79.3 Å². The molecule has 1 unspecified atom stereocenters. The van der Waals surface area contributed by atoms with Crippen molar-refractivity contribution in [3.63, 3.8) is 0 Å². The molecule has 1 amide bonds. The van der Waals surface area contributed by atoms with Crippen molar-refractivity contribution in [3.05, 3.63) is 65.2 Å². The first-order chi connectivity index (χ1) is 16.2. The van der Waals surface area contributed by atoms with E-state index in [2.05, 4.69) is 0 Å². The van der Waals surface area contributed by atoms with E-state index in [9.17, 15) is 14.7 Å². The van der Waals surface area contributed by atoms with Gasteiger partial charge < -0.3 is 24.4 Å². The Labute approximate surface area is 201 Å². The Balaban J connectivity index is 2.07. The Morgan fingerprint density at radius 2 is 1.79 bits per heavy atom. The molecule has 1 aliphatic heterocycles. The molecule has 2 aromatic rings. The predicted molar refractivity (Wildman–Crippen MR) is 132 cm³/mol. The normalized spacial score (nSPS) is 17.6. The van der Waals surface area contributed by atoms with Crippen molar-refractivity contribution in [2.45, 2.75) is 39.3 Å². The number of rotatable bonds is 10. The van der Waals surface area contributed by atoms with E-state index >= 15 is 0 Å². The maximum absolute atomic E-state index is 13.1. The van der Waals surface area contributed by atoms with Crippen LogP contribution in [0.15, 0.2) is 54.1 Å². The summed E-state index contributed by atoms with van der Waals surface area (Å²) >= 11 is 0. The summed E-state index contributed by atoms with van der Waals surface area (Å²) in [4.78, 5) is 29.7. The summed E-state index contributed by atoms with van der Waals surface area (Å²) < 4.78 is 11.4. The van der Waals surface area contributed by atoms with Crippen LogP contribution in [0.4, 0.5) is 0 Å². The van der Waals surface area contributed by atoms with Gasteiger partial charge in [-0.15, -0.1) is 0 Å². The molecule has 0 bridgehead atoms. The first-order valence-electron chi connectivity index (χ1n) is 11.7. The van der Waals surface area contributed by atoms with Crippen molar-refractivity contribution in [1.82, 2.24) is 9.80 Å². The zero-order valence-corrected chi connectivity index (χ0v) is 20.6. The molecule has 7 heteroatoms. The number of benzene rings is 2. The van der Waals surface area contributed by atoms with Gasteiger partial charge in [-0.3, -0.25) is 9.59 Å². The fraction of sp³-hybridized carbons (Fsp3) is 0.407. The van der Waals surface area contributed by atoms with E-state index in [-0.39, 0.29) is 17.4 Å². The fourth-order valence-corrected chi connectivity index (χ4v) is 3.87. The van der Waals surface area contributed by atoms with Crippen molar-refractivity contribution in [2.24, 2.45) is 0 Å². The number of carbonyl (C=O) groups excluding carboxylic acids is 2. The average molecular weight is 467 g/mol. The summed E-state index contributed by atoms with van der Waals surface area (Å²) in [5.41, 5.74) is 1.24. The standard InChI is InChI=1S/C27H34N2O5/c1-6-16-33-22-9-7-8-20(17-22)25(30)23-24(19-10-12-21(13-11-19)34-18(2)3)29(15-14-28(4)5)27(32)26(23)31/h7-13,17-18,24,30H,6,14-16H2,1-5H3/b25-23-. The summed E-state index contributed by atoms with van der Waals surface area (Å²) in [6.45, 7) is 7.38. The molecule has 0 spiro atoms. The van der Waals surface area contributed by atoms with Crippen molar-refractivity contribution >= 4 is 17.4 Å². The van der Waals surface area contributed by atoms with Crippen LogP contribution in [0.25, 0.3) is 5.76 Å². The highest BCUT2D eigenvalue weighted by molar-refractivity contribution is 6.46. The maximum atomic E-state index is 13.1. The molecule has 0 saturated carbocycles. The molecule has 0 radical (unpaired) electrons. The minimum Gasteiger partial charge on any atom is -0.507 e. The van der Waals surface area contributed by atoms with Crippen molar-refractivity contribution in [2.75, 3.05) is 33.8 Å². The third kappa shape index (κ3) is 5.78. The van der Waals surface area contributed by atoms with Crippen LogP contribution in [-0.4, -0.2) is 66.5 Å². The average Bonchev–Trinajstić information content (AvgIpc) is 3.06. The van der Waals surface area contributed by atoms with Gasteiger partial charge in [0.05, 0.1) is 24.3 Å². The second kappa shape index (κ2) is 11.2. The van der Waals surface area contributed by atoms with E-state index in [0.717, 1.165) is 12.0 Å². The second-order valence-electron chi connectivity index (χ2n) is 8.91. The Bertz CT molecular complexity index is 1040. The van der Waals surface area contributed by atoms with Gasteiger partial charge in [0.15, 0.2) is 0 Å². The number of likely N-dealkylation sites (tertiary alicyclic amines) is 1. The fourth-order valence-electron chi connectivity index (χ4n) is 3.87. The number of hydrogen-bond donors (Lipinski definition) is 1. The number of ketones is 1. The SMILES string of the molecule is CCCOc1cccc(/C(O)=C2/C(=O)C(=O)N(CCN(C)C)C2c2ccc(OC(C)C)cc2)c1. The number of likely N-dealkylation sites (N-methyl/N-ethyl adjacent to an activating group) is 1. The first-order valence-corrected chi connectivity index (χ1v) is 11.7. The molecule has 7 nitrogen and oxygen atoms in total. The van der Waals surface area contributed by atoms with Crippen molar-refractivity contribution < 1.29 is 24.2 Å². The number of amides is 1. The summed E-state index contributed by atoms with van der Waals surface area (Å²) in [6.07, 6.45) is 0.878. The lowest BCUT2D eigenvalue weighted by atomic mass is 9.95. The van der Waals surface area contributed by atoms with Gasteiger partial charge in [0.25, 0.3) is 11.7 Å². The molecule has 0 aromatic heterocycles. The summed E-state index contributed by atoms with van der Waals surface area (Å²) in [5.74, 6) is -0.220. The van der Waals surface area contributed by atoms with Crippen LogP contribution in [0.2, 0.25) is 0 Å². The van der Waals surface area contributed by atoms with E-state index in [4.69, 9.17) is 9.47 Å². The largest absolute Gasteiger partial charge is 0.507 e. The number of nitrogens with zero attached hydrogens (tertiary/aromatic N) is 2. The highest BCUT2D eigenvalue weighted by Gasteiger charge is 2.45. The molecule has 3 rings (SSSR count). The van der Waals surface area contributed by atoms with Gasteiger partial charge in [-0.1, -0.05) is 31.2 Å². The molecular formula is C27H34N2O5.